The molecule has 2 aromatic carbocycles. The molecule has 0 spiro atoms. The number of amides is 1. The fraction of sp³-hybridized carbons (Fsp3) is 0.150. The van der Waals surface area contributed by atoms with Crippen molar-refractivity contribution >= 4 is 34.8 Å². The van der Waals surface area contributed by atoms with Gasteiger partial charge in [-0.15, -0.1) is 5.10 Å². The lowest BCUT2D eigenvalue weighted by Crippen LogP contribution is -2.16. The number of anilines is 1. The second kappa shape index (κ2) is 8.44. The first-order valence-corrected chi connectivity index (χ1v) is 9.92. The molecule has 0 aliphatic carbocycles. The molecule has 0 saturated heterocycles. The summed E-state index contributed by atoms with van der Waals surface area (Å²) < 4.78 is 17.3. The van der Waals surface area contributed by atoms with Crippen LogP contribution in [0.3, 0.4) is 0 Å². The third-order valence-corrected chi connectivity index (χ3v) is 5.50. The Labute approximate surface area is 186 Å². The van der Waals surface area contributed by atoms with Gasteiger partial charge >= 0.3 is 0 Å². The Morgan fingerprint density at radius 2 is 1.87 bits per heavy atom. The number of halogens is 3. The number of hydrogen-bond acceptors (Lipinski definition) is 5. The van der Waals surface area contributed by atoms with E-state index in [0.717, 1.165) is 16.9 Å². The van der Waals surface area contributed by atoms with Crippen molar-refractivity contribution < 1.29 is 9.18 Å². The zero-order chi connectivity index (χ0) is 22.1. The number of hydrogen-bond donors (Lipinski definition) is 1. The fourth-order valence-electron chi connectivity index (χ4n) is 3.19. The van der Waals surface area contributed by atoms with E-state index in [4.69, 9.17) is 23.2 Å². The Kier molecular flexibility index (Phi) is 5.71. The van der Waals surface area contributed by atoms with Gasteiger partial charge in [-0.1, -0.05) is 23.2 Å². The number of aromatic nitrogens is 6. The summed E-state index contributed by atoms with van der Waals surface area (Å²) in [4.78, 5) is 12.7. The third-order valence-electron chi connectivity index (χ3n) is 4.76. The van der Waals surface area contributed by atoms with Crippen molar-refractivity contribution in [2.45, 2.75) is 20.3 Å². The third kappa shape index (κ3) is 4.28. The van der Waals surface area contributed by atoms with Crippen LogP contribution < -0.4 is 5.32 Å². The first kappa shape index (κ1) is 21.0. The summed E-state index contributed by atoms with van der Waals surface area (Å²) in [5, 5.41) is 18.8. The lowest BCUT2D eigenvalue weighted by Gasteiger charge is -2.09. The summed E-state index contributed by atoms with van der Waals surface area (Å²) in [7, 11) is 0. The molecule has 0 atom stereocenters. The van der Waals surface area contributed by atoms with Gasteiger partial charge in [0, 0.05) is 11.3 Å². The second-order valence-electron chi connectivity index (χ2n) is 6.80. The van der Waals surface area contributed by atoms with Crippen molar-refractivity contribution in [1.29, 1.82) is 0 Å². The van der Waals surface area contributed by atoms with Gasteiger partial charge in [0.15, 0.2) is 0 Å². The fourth-order valence-corrected chi connectivity index (χ4v) is 3.48. The van der Waals surface area contributed by atoms with Crippen molar-refractivity contribution in [3.8, 4) is 11.4 Å². The first-order valence-electron chi connectivity index (χ1n) is 9.17. The summed E-state index contributed by atoms with van der Waals surface area (Å²) in [5.41, 5.74) is 3.46. The maximum atomic E-state index is 14.2. The number of aryl methyl sites for hydroxylation is 1. The maximum Gasteiger partial charge on any atom is 0.229 e. The minimum atomic E-state index is -0.565. The molecule has 0 bridgehead atoms. The van der Waals surface area contributed by atoms with Gasteiger partial charge in [0.25, 0.3) is 0 Å². The van der Waals surface area contributed by atoms with Crippen LogP contribution in [0.2, 0.25) is 10.0 Å². The predicted octanol–water partition coefficient (Wildman–Crippen LogP) is 4.09. The Bertz CT molecular complexity index is 1270. The first-order chi connectivity index (χ1) is 14.8. The van der Waals surface area contributed by atoms with E-state index in [1.165, 1.54) is 29.2 Å². The van der Waals surface area contributed by atoms with E-state index >= 15 is 0 Å². The van der Waals surface area contributed by atoms with E-state index in [9.17, 15) is 9.18 Å². The lowest BCUT2D eigenvalue weighted by molar-refractivity contribution is -0.115. The molecule has 11 heteroatoms. The number of carbonyl (C=O) groups excluding carboxylic acids is 1. The normalized spacial score (nSPS) is 11.0. The Balaban J connectivity index is 1.56. The number of nitrogens with zero attached hydrogens (tertiary/aromatic N) is 6. The number of tetrazole rings is 1. The number of carbonyl (C=O) groups is 1. The van der Waals surface area contributed by atoms with Crippen molar-refractivity contribution in [3.63, 3.8) is 0 Å². The molecule has 1 N–H and O–H groups in total. The van der Waals surface area contributed by atoms with Gasteiger partial charge < -0.3 is 5.32 Å². The monoisotopic (exact) mass is 459 g/mol. The Morgan fingerprint density at radius 1 is 1.10 bits per heavy atom. The van der Waals surface area contributed by atoms with Crippen LogP contribution in [0, 0.1) is 19.7 Å². The van der Waals surface area contributed by atoms with Gasteiger partial charge in [-0.2, -0.15) is 5.10 Å². The van der Waals surface area contributed by atoms with Gasteiger partial charge in [-0.3, -0.25) is 4.79 Å². The second-order valence-corrected chi connectivity index (χ2v) is 7.62. The average Bonchev–Trinajstić information content (AvgIpc) is 3.36. The highest BCUT2D eigenvalue weighted by molar-refractivity contribution is 6.42. The van der Waals surface area contributed by atoms with Crippen LogP contribution in [-0.4, -0.2) is 35.9 Å². The van der Waals surface area contributed by atoms with Crippen LogP contribution in [0.5, 0.6) is 0 Å². The van der Waals surface area contributed by atoms with E-state index in [-0.39, 0.29) is 18.0 Å². The largest absolute Gasteiger partial charge is 0.323 e. The van der Waals surface area contributed by atoms with Crippen molar-refractivity contribution in [3.05, 3.63) is 75.5 Å². The number of rotatable bonds is 5. The molecule has 0 aliphatic rings. The molecule has 4 rings (SSSR count). The molecule has 0 radical (unpaired) electrons. The van der Waals surface area contributed by atoms with Gasteiger partial charge in [0.05, 0.1) is 39.2 Å². The summed E-state index contributed by atoms with van der Waals surface area (Å²) >= 11 is 12.1. The minimum Gasteiger partial charge on any atom is -0.323 e. The van der Waals surface area contributed by atoms with E-state index < -0.39 is 5.82 Å². The van der Waals surface area contributed by atoms with Crippen LogP contribution in [-0.2, 0) is 11.2 Å². The van der Waals surface area contributed by atoms with E-state index in [2.05, 4.69) is 25.9 Å². The molecule has 0 aliphatic heterocycles. The summed E-state index contributed by atoms with van der Waals surface area (Å²) in [6.45, 7) is 3.66. The molecule has 8 nitrogen and oxygen atoms in total. The zero-order valence-electron chi connectivity index (χ0n) is 16.5. The van der Waals surface area contributed by atoms with Crippen molar-refractivity contribution in [2.24, 2.45) is 0 Å². The highest BCUT2D eigenvalue weighted by Gasteiger charge is 2.18. The van der Waals surface area contributed by atoms with E-state index in [0.29, 0.717) is 21.4 Å². The van der Waals surface area contributed by atoms with Crippen LogP contribution >= 0.6 is 23.2 Å². The molecule has 1 amide bonds. The molecular formula is C20H16Cl2FN7O. The molecule has 4 aromatic rings. The quantitative estimate of drug-likeness (QED) is 0.485. The van der Waals surface area contributed by atoms with Gasteiger partial charge in [0.2, 0.25) is 5.91 Å². The topological polar surface area (TPSA) is 90.5 Å². The highest BCUT2D eigenvalue weighted by Crippen LogP contribution is 2.26. The zero-order valence-corrected chi connectivity index (χ0v) is 18.0. The summed E-state index contributed by atoms with van der Waals surface area (Å²) in [5.74, 6) is -0.947. The Morgan fingerprint density at radius 3 is 2.58 bits per heavy atom. The standard InChI is InChI=1S/C20H16Cl2FN7O/c1-11-15(12(2)30(26-11)14-3-5-16(21)17(22)7-14)9-20(31)25-19-8-13(4-6-18(19)23)29-10-24-27-28-29/h3-8,10H,9H2,1-2H3,(H,25,31). The van der Waals surface area contributed by atoms with Gasteiger partial charge in [-0.05, 0) is 60.7 Å². The smallest absolute Gasteiger partial charge is 0.229 e. The minimum absolute atomic E-state index is 0.0214. The maximum absolute atomic E-state index is 14.2. The van der Waals surface area contributed by atoms with Gasteiger partial charge in [0.1, 0.15) is 12.1 Å². The predicted molar refractivity (Wildman–Crippen MR) is 115 cm³/mol. The van der Waals surface area contributed by atoms with Crippen LogP contribution in [0.15, 0.2) is 42.7 Å². The molecule has 2 heterocycles. The highest BCUT2D eigenvalue weighted by atomic mass is 35.5. The van der Waals surface area contributed by atoms with Crippen molar-refractivity contribution in [1.82, 2.24) is 30.0 Å². The summed E-state index contributed by atoms with van der Waals surface area (Å²) in [6, 6.07) is 9.39. The lowest BCUT2D eigenvalue weighted by atomic mass is 10.1. The van der Waals surface area contributed by atoms with Crippen LogP contribution in [0.1, 0.15) is 17.0 Å². The van der Waals surface area contributed by atoms with Gasteiger partial charge in [-0.25, -0.2) is 13.8 Å². The molecule has 0 saturated carbocycles. The molecule has 31 heavy (non-hydrogen) atoms. The molecular weight excluding hydrogens is 444 g/mol. The number of nitrogens with one attached hydrogen (secondary N) is 1. The Hall–Kier alpha value is -3.30. The van der Waals surface area contributed by atoms with E-state index in [1.54, 1.807) is 22.9 Å². The van der Waals surface area contributed by atoms with E-state index in [1.807, 2.05) is 13.8 Å². The number of benzene rings is 2. The van der Waals surface area contributed by atoms with Crippen molar-refractivity contribution in [2.75, 3.05) is 5.32 Å². The molecule has 0 fully saturated rings. The molecule has 2 aromatic heterocycles. The average molecular weight is 460 g/mol. The molecule has 158 valence electrons. The molecule has 0 unspecified atom stereocenters. The SMILES string of the molecule is Cc1nn(-c2ccc(Cl)c(Cl)c2)c(C)c1CC(=O)Nc1cc(-n2cnnn2)ccc1F. The van der Waals surface area contributed by atoms with Crippen LogP contribution in [0.25, 0.3) is 11.4 Å². The summed E-state index contributed by atoms with van der Waals surface area (Å²) in [6.07, 6.45) is 1.40. The van der Waals surface area contributed by atoms with Crippen LogP contribution in [0.4, 0.5) is 10.1 Å².